The number of nitrogens with one attached hydrogen (secondary N) is 2. The summed E-state index contributed by atoms with van der Waals surface area (Å²) in [4.78, 5) is 0. The third-order valence-electron chi connectivity index (χ3n) is 4.09. The second-order valence-corrected chi connectivity index (χ2v) is 4.89. The lowest BCUT2D eigenvalue weighted by Crippen LogP contribution is -2.48. The van der Waals surface area contributed by atoms with Gasteiger partial charge in [0, 0.05) is 12.0 Å². The summed E-state index contributed by atoms with van der Waals surface area (Å²) >= 11 is 0. The van der Waals surface area contributed by atoms with Crippen LogP contribution in [-0.2, 0) is 4.74 Å². The minimum absolute atomic E-state index is 0.370. The topological polar surface area (TPSA) is 36.6 Å². The van der Waals surface area contributed by atoms with Gasteiger partial charge in [-0.05, 0) is 31.8 Å². The largest absolute Gasteiger partial charge is 0.353 e. The first-order valence-electron chi connectivity index (χ1n) is 5.40. The van der Waals surface area contributed by atoms with E-state index in [1.165, 1.54) is 19.4 Å². The number of rotatable bonds is 0. The number of epoxide rings is 1. The summed E-state index contributed by atoms with van der Waals surface area (Å²) < 4.78 is 5.68. The highest BCUT2D eigenvalue weighted by Crippen LogP contribution is 2.48. The third-order valence-corrected chi connectivity index (χ3v) is 4.09. The normalized spacial score (nSPS) is 54.7. The first-order chi connectivity index (χ1) is 6.31. The SMILES string of the molecule is CC12CNCCC1CCNC1OC12. The molecule has 0 saturated carbocycles. The maximum absolute atomic E-state index is 5.68. The molecule has 3 aliphatic rings. The van der Waals surface area contributed by atoms with Crippen LogP contribution in [0.1, 0.15) is 19.8 Å². The summed E-state index contributed by atoms with van der Waals surface area (Å²) in [6.07, 6.45) is 3.50. The Balaban J connectivity index is 1.86. The highest BCUT2D eigenvalue weighted by molar-refractivity contribution is 5.05. The zero-order valence-corrected chi connectivity index (χ0v) is 8.18. The Morgan fingerprint density at radius 2 is 2.15 bits per heavy atom. The minimum Gasteiger partial charge on any atom is -0.353 e. The fourth-order valence-electron chi connectivity index (χ4n) is 3.08. The molecule has 13 heavy (non-hydrogen) atoms. The number of fused-ring (bicyclic) bond motifs is 3. The fraction of sp³-hybridized carbons (Fsp3) is 1.00. The van der Waals surface area contributed by atoms with Crippen molar-refractivity contribution >= 4 is 0 Å². The van der Waals surface area contributed by atoms with Gasteiger partial charge in [0.05, 0.1) is 0 Å². The first kappa shape index (κ1) is 8.21. The van der Waals surface area contributed by atoms with Crippen molar-refractivity contribution in [1.82, 2.24) is 10.6 Å². The third kappa shape index (κ3) is 1.14. The van der Waals surface area contributed by atoms with E-state index >= 15 is 0 Å². The summed E-state index contributed by atoms with van der Waals surface area (Å²) in [7, 11) is 0. The molecule has 3 fully saturated rings. The maximum Gasteiger partial charge on any atom is 0.135 e. The van der Waals surface area contributed by atoms with E-state index in [2.05, 4.69) is 17.6 Å². The Hall–Kier alpha value is -0.120. The number of piperidine rings is 1. The molecular weight excluding hydrogens is 164 g/mol. The van der Waals surface area contributed by atoms with Gasteiger partial charge in [-0.1, -0.05) is 6.92 Å². The molecule has 3 rings (SSSR count). The summed E-state index contributed by atoms with van der Waals surface area (Å²) in [6, 6.07) is 0. The van der Waals surface area contributed by atoms with Crippen LogP contribution in [0.4, 0.5) is 0 Å². The van der Waals surface area contributed by atoms with Gasteiger partial charge in [0.2, 0.25) is 0 Å². The standard InChI is InChI=1S/C10H18N2O/c1-10-6-11-4-2-7(10)3-5-12-9-8(10)13-9/h7-9,11-12H,2-6H2,1H3. The maximum atomic E-state index is 5.68. The van der Waals surface area contributed by atoms with Crippen molar-refractivity contribution in [3.63, 3.8) is 0 Å². The Bertz CT molecular complexity index is 221. The Morgan fingerprint density at radius 1 is 1.31 bits per heavy atom. The molecule has 2 N–H and O–H groups in total. The Kier molecular flexibility index (Phi) is 1.70. The molecule has 0 radical (unpaired) electrons. The molecule has 0 spiro atoms. The fourth-order valence-corrected chi connectivity index (χ4v) is 3.08. The summed E-state index contributed by atoms with van der Waals surface area (Å²) in [6.45, 7) is 5.86. The Morgan fingerprint density at radius 3 is 3.08 bits per heavy atom. The zero-order chi connectivity index (χ0) is 8.89. The van der Waals surface area contributed by atoms with Gasteiger partial charge in [-0.2, -0.15) is 0 Å². The quantitative estimate of drug-likeness (QED) is 0.530. The van der Waals surface area contributed by atoms with Crippen molar-refractivity contribution in [3.05, 3.63) is 0 Å². The number of hydrogen-bond donors (Lipinski definition) is 2. The highest BCUT2D eigenvalue weighted by Gasteiger charge is 2.57. The van der Waals surface area contributed by atoms with Crippen LogP contribution >= 0.6 is 0 Å². The molecule has 3 saturated heterocycles. The van der Waals surface area contributed by atoms with E-state index in [-0.39, 0.29) is 0 Å². The molecule has 3 heterocycles. The van der Waals surface area contributed by atoms with Crippen molar-refractivity contribution in [2.75, 3.05) is 19.6 Å². The van der Waals surface area contributed by atoms with E-state index < -0.39 is 0 Å². The molecule has 4 unspecified atom stereocenters. The molecule has 0 aromatic carbocycles. The highest BCUT2D eigenvalue weighted by atomic mass is 16.6. The zero-order valence-electron chi connectivity index (χ0n) is 8.18. The van der Waals surface area contributed by atoms with Gasteiger partial charge in [-0.15, -0.1) is 0 Å². The van der Waals surface area contributed by atoms with Crippen LogP contribution in [0, 0.1) is 11.3 Å². The molecule has 3 heteroatoms. The van der Waals surface area contributed by atoms with Crippen molar-refractivity contribution in [3.8, 4) is 0 Å². The van der Waals surface area contributed by atoms with Gasteiger partial charge < -0.3 is 10.1 Å². The molecule has 3 nitrogen and oxygen atoms in total. The van der Waals surface area contributed by atoms with Crippen LogP contribution < -0.4 is 10.6 Å². The van der Waals surface area contributed by atoms with E-state index in [1.54, 1.807) is 0 Å². The molecule has 3 aliphatic heterocycles. The first-order valence-corrected chi connectivity index (χ1v) is 5.40. The van der Waals surface area contributed by atoms with Crippen LogP contribution in [0.25, 0.3) is 0 Å². The van der Waals surface area contributed by atoms with E-state index in [9.17, 15) is 0 Å². The van der Waals surface area contributed by atoms with Crippen molar-refractivity contribution in [1.29, 1.82) is 0 Å². The second kappa shape index (κ2) is 2.69. The summed E-state index contributed by atoms with van der Waals surface area (Å²) in [5.41, 5.74) is 0.395. The lowest BCUT2D eigenvalue weighted by atomic mass is 9.69. The number of hydrogen-bond acceptors (Lipinski definition) is 3. The lowest BCUT2D eigenvalue weighted by Gasteiger charge is -2.40. The minimum atomic E-state index is 0.370. The van der Waals surface area contributed by atoms with Crippen LogP contribution in [0.3, 0.4) is 0 Å². The number of ether oxygens (including phenoxy) is 1. The monoisotopic (exact) mass is 182 g/mol. The van der Waals surface area contributed by atoms with Gasteiger partial charge in [-0.25, -0.2) is 0 Å². The second-order valence-electron chi connectivity index (χ2n) is 4.89. The predicted octanol–water partition coefficient (Wildman–Crippen LogP) is 0.320. The van der Waals surface area contributed by atoms with E-state index in [1.807, 2.05) is 0 Å². The van der Waals surface area contributed by atoms with E-state index in [0.717, 1.165) is 19.0 Å². The molecule has 0 aromatic heterocycles. The average molecular weight is 182 g/mol. The predicted molar refractivity (Wildman–Crippen MR) is 50.4 cm³/mol. The average Bonchev–Trinajstić information content (AvgIpc) is 2.87. The molecule has 4 atom stereocenters. The van der Waals surface area contributed by atoms with Crippen LogP contribution in [0.5, 0.6) is 0 Å². The molecule has 74 valence electrons. The van der Waals surface area contributed by atoms with Gasteiger partial charge >= 0.3 is 0 Å². The van der Waals surface area contributed by atoms with Gasteiger partial charge in [-0.3, -0.25) is 5.32 Å². The molecule has 0 aromatic rings. The summed E-state index contributed by atoms with van der Waals surface area (Å²) in [5.74, 6) is 0.860. The van der Waals surface area contributed by atoms with Crippen LogP contribution in [0.2, 0.25) is 0 Å². The van der Waals surface area contributed by atoms with Crippen molar-refractivity contribution in [2.24, 2.45) is 11.3 Å². The molecule has 0 bridgehead atoms. The lowest BCUT2D eigenvalue weighted by molar-refractivity contribution is 0.0844. The Labute approximate surface area is 79.2 Å². The van der Waals surface area contributed by atoms with Gasteiger partial charge in [0.25, 0.3) is 0 Å². The summed E-state index contributed by atoms with van der Waals surface area (Å²) in [5, 5.41) is 6.95. The van der Waals surface area contributed by atoms with Crippen molar-refractivity contribution in [2.45, 2.75) is 32.1 Å². The van der Waals surface area contributed by atoms with Crippen molar-refractivity contribution < 1.29 is 4.74 Å². The molecular formula is C10H18N2O. The van der Waals surface area contributed by atoms with Crippen LogP contribution in [0.15, 0.2) is 0 Å². The molecule has 0 amide bonds. The van der Waals surface area contributed by atoms with Gasteiger partial charge in [0.15, 0.2) is 0 Å². The van der Waals surface area contributed by atoms with E-state index in [4.69, 9.17) is 4.74 Å². The van der Waals surface area contributed by atoms with Crippen LogP contribution in [-0.4, -0.2) is 32.0 Å². The van der Waals surface area contributed by atoms with E-state index in [0.29, 0.717) is 17.7 Å². The van der Waals surface area contributed by atoms with Gasteiger partial charge in [0.1, 0.15) is 12.3 Å². The molecule has 0 aliphatic carbocycles. The smallest absolute Gasteiger partial charge is 0.135 e.